The van der Waals surface area contributed by atoms with Gasteiger partial charge < -0.3 is 4.79 Å². The van der Waals surface area contributed by atoms with Gasteiger partial charge in [0.25, 0.3) is 0 Å². The van der Waals surface area contributed by atoms with E-state index in [-0.39, 0.29) is 8.41 Å². The zero-order chi connectivity index (χ0) is 6.24. The largest absolute Gasteiger partial charge is 0.307 e. The van der Waals surface area contributed by atoms with Gasteiger partial charge in [-0.05, 0) is 12.1 Å². The molecule has 1 aromatic rings. The van der Waals surface area contributed by atoms with Crippen molar-refractivity contribution in [2.45, 2.75) is 0 Å². The highest BCUT2D eigenvalue weighted by Gasteiger charge is 1.58. The number of rotatable bonds is 0. The monoisotopic (exact) mass is 120 g/mol. The summed E-state index contributed by atoms with van der Waals surface area (Å²) in [6.07, 6.45) is 3.50. The molecule has 0 saturated heterocycles. The lowest BCUT2D eigenvalue weighted by molar-refractivity contribution is -0.0979. The summed E-state index contributed by atoms with van der Waals surface area (Å²) < 4.78 is 0. The van der Waals surface area contributed by atoms with Crippen molar-refractivity contribution in [1.82, 2.24) is 4.98 Å². The molecule has 1 rings (SSSR count). The van der Waals surface area contributed by atoms with Gasteiger partial charge in [0.2, 0.25) is 0 Å². The van der Waals surface area contributed by atoms with E-state index in [1.165, 1.54) is 0 Å². The molecule has 0 aliphatic heterocycles. The van der Waals surface area contributed by atoms with Gasteiger partial charge in [-0.25, -0.2) is 0 Å². The molecule has 0 aromatic carbocycles. The number of nitrogens with zero attached hydrogens (tertiary/aromatic N) is 1. The summed E-state index contributed by atoms with van der Waals surface area (Å²) in [4.78, 5) is 11.8. The average molecular weight is 120 g/mol. The minimum Gasteiger partial charge on any atom is -0.307 e. The van der Waals surface area contributed by atoms with E-state index in [4.69, 9.17) is 4.79 Å². The molecule has 1 heterocycles. The van der Waals surface area contributed by atoms with Gasteiger partial charge in [0.15, 0.2) is 0 Å². The number of pyridine rings is 1. The summed E-state index contributed by atoms with van der Waals surface area (Å²) in [5.41, 5.74) is 0. The van der Waals surface area contributed by atoms with Crippen LogP contribution in [0.25, 0.3) is 0 Å². The number of carbonyl (C=O) groups excluding carboxylic acids is 1. The highest BCUT2D eigenvalue weighted by atomic mass is 16.1. The fourth-order valence-corrected chi connectivity index (χ4v) is 0.313. The van der Waals surface area contributed by atoms with E-state index in [0.717, 1.165) is 0 Å². The minimum absolute atomic E-state index is 0. The number of hydrogen-bond donors (Lipinski definition) is 0. The molecule has 0 aliphatic carbocycles. The highest BCUT2D eigenvalue weighted by Crippen LogP contribution is 1.73. The van der Waals surface area contributed by atoms with Crippen molar-refractivity contribution >= 4 is 15.2 Å². The van der Waals surface area contributed by atoms with E-state index in [2.05, 4.69) is 4.98 Å². The van der Waals surface area contributed by atoms with Crippen LogP contribution in [0.2, 0.25) is 0 Å². The third kappa shape index (κ3) is 6.88. The van der Waals surface area contributed by atoms with Crippen LogP contribution in [0.5, 0.6) is 0 Å². The van der Waals surface area contributed by atoms with Crippen LogP contribution in [-0.4, -0.2) is 20.2 Å². The maximum atomic E-state index is 8.00. The molecule has 0 N–H and O–H groups in total. The maximum Gasteiger partial charge on any atom is 0.106 e. The Morgan fingerprint density at radius 1 is 1.00 bits per heavy atom. The normalized spacial score (nSPS) is 5.78. The molecular weight excluding hydrogens is 113 g/mol. The van der Waals surface area contributed by atoms with Crippen molar-refractivity contribution in [3.63, 3.8) is 0 Å². The van der Waals surface area contributed by atoms with Crippen molar-refractivity contribution in [2.24, 2.45) is 0 Å². The van der Waals surface area contributed by atoms with Crippen LogP contribution in [0.1, 0.15) is 0 Å². The molecular formula is C6H7BNO. The smallest absolute Gasteiger partial charge is 0.106 e. The standard InChI is InChI=1S/C5H5N.CH2O.B/c1-2-4-6-5-3-1;1-2;/h1-5H;1H2;. The van der Waals surface area contributed by atoms with Gasteiger partial charge in [-0.15, -0.1) is 0 Å². The van der Waals surface area contributed by atoms with E-state index in [1.807, 2.05) is 25.0 Å². The lowest BCUT2D eigenvalue weighted by Crippen LogP contribution is -1.58. The van der Waals surface area contributed by atoms with Crippen LogP contribution in [-0.2, 0) is 4.79 Å². The summed E-state index contributed by atoms with van der Waals surface area (Å²) >= 11 is 0. The van der Waals surface area contributed by atoms with Crippen molar-refractivity contribution < 1.29 is 4.79 Å². The fraction of sp³-hybridized carbons (Fsp3) is 0. The Morgan fingerprint density at radius 2 is 1.44 bits per heavy atom. The molecule has 0 bridgehead atoms. The van der Waals surface area contributed by atoms with Crippen LogP contribution in [0, 0.1) is 0 Å². The molecule has 1 aromatic heterocycles. The Balaban J connectivity index is 0. The molecule has 0 spiro atoms. The summed E-state index contributed by atoms with van der Waals surface area (Å²) in [7, 11) is 0. The molecule has 45 valence electrons. The van der Waals surface area contributed by atoms with Crippen LogP contribution in [0.3, 0.4) is 0 Å². The topological polar surface area (TPSA) is 30.0 Å². The lowest BCUT2D eigenvalue weighted by atomic mass is 10.5. The van der Waals surface area contributed by atoms with E-state index >= 15 is 0 Å². The van der Waals surface area contributed by atoms with E-state index in [1.54, 1.807) is 12.4 Å². The van der Waals surface area contributed by atoms with Crippen molar-refractivity contribution in [2.75, 3.05) is 0 Å². The first-order valence-corrected chi connectivity index (χ1v) is 2.14. The Hall–Kier alpha value is -1.12. The summed E-state index contributed by atoms with van der Waals surface area (Å²) in [6.45, 7) is 2.00. The van der Waals surface area contributed by atoms with Crippen molar-refractivity contribution in [3.8, 4) is 0 Å². The third-order valence-corrected chi connectivity index (χ3v) is 0.566. The summed E-state index contributed by atoms with van der Waals surface area (Å²) in [5, 5.41) is 0. The van der Waals surface area contributed by atoms with E-state index in [9.17, 15) is 0 Å². The van der Waals surface area contributed by atoms with Crippen LogP contribution in [0.15, 0.2) is 30.6 Å². The quantitative estimate of drug-likeness (QED) is 0.467. The second kappa shape index (κ2) is 9.99. The van der Waals surface area contributed by atoms with E-state index < -0.39 is 0 Å². The lowest BCUT2D eigenvalue weighted by Gasteiger charge is -1.70. The van der Waals surface area contributed by atoms with Gasteiger partial charge in [0, 0.05) is 20.8 Å². The molecule has 3 heteroatoms. The Morgan fingerprint density at radius 3 is 1.56 bits per heavy atom. The van der Waals surface area contributed by atoms with Crippen LogP contribution >= 0.6 is 0 Å². The van der Waals surface area contributed by atoms with E-state index in [0.29, 0.717) is 0 Å². The fourth-order valence-electron chi connectivity index (χ4n) is 0.313. The van der Waals surface area contributed by atoms with Gasteiger partial charge in [-0.2, -0.15) is 0 Å². The number of carbonyl (C=O) groups is 1. The predicted molar refractivity (Wildman–Crippen MR) is 37.1 cm³/mol. The molecule has 0 fully saturated rings. The average Bonchev–Trinajstić information content (AvgIpc) is 1.96. The molecule has 0 amide bonds. The van der Waals surface area contributed by atoms with Gasteiger partial charge in [0.1, 0.15) is 6.79 Å². The van der Waals surface area contributed by atoms with Crippen molar-refractivity contribution in [1.29, 1.82) is 0 Å². The van der Waals surface area contributed by atoms with Gasteiger partial charge in [-0.3, -0.25) is 4.98 Å². The molecule has 0 atom stereocenters. The van der Waals surface area contributed by atoms with Crippen LogP contribution in [0.4, 0.5) is 0 Å². The van der Waals surface area contributed by atoms with Gasteiger partial charge >= 0.3 is 0 Å². The molecule has 0 unspecified atom stereocenters. The predicted octanol–water partition coefficient (Wildman–Crippen LogP) is 0.516. The Kier molecular flexibility index (Phi) is 12.0. The zero-order valence-electron chi connectivity index (χ0n) is 5.03. The molecule has 9 heavy (non-hydrogen) atoms. The molecule has 0 saturated carbocycles. The van der Waals surface area contributed by atoms with Gasteiger partial charge in [0.05, 0.1) is 0 Å². The van der Waals surface area contributed by atoms with Crippen molar-refractivity contribution in [3.05, 3.63) is 30.6 Å². The highest BCUT2D eigenvalue weighted by molar-refractivity contribution is 5.75. The first-order chi connectivity index (χ1) is 4.00. The number of hydrogen-bond acceptors (Lipinski definition) is 2. The first-order valence-electron chi connectivity index (χ1n) is 2.14. The SMILES string of the molecule is C=O.[B].c1ccncc1. The summed E-state index contributed by atoms with van der Waals surface area (Å²) in [5.74, 6) is 0. The third-order valence-electron chi connectivity index (χ3n) is 0.566. The van der Waals surface area contributed by atoms with Gasteiger partial charge in [-0.1, -0.05) is 6.07 Å². The second-order valence-electron chi connectivity index (χ2n) is 1.02. The maximum absolute atomic E-state index is 8.00. The molecule has 0 aliphatic rings. The first kappa shape index (κ1) is 10.8. The zero-order valence-corrected chi connectivity index (χ0v) is 5.03. The Labute approximate surface area is 56.5 Å². The summed E-state index contributed by atoms with van der Waals surface area (Å²) in [6, 6.07) is 5.72. The second-order valence-corrected chi connectivity index (χ2v) is 1.02. The molecule has 3 radical (unpaired) electrons. The molecule has 2 nitrogen and oxygen atoms in total. The Bertz CT molecular complexity index is 95.9. The number of aromatic nitrogens is 1. The van der Waals surface area contributed by atoms with Crippen LogP contribution < -0.4 is 0 Å². The minimum atomic E-state index is 0.